The lowest BCUT2D eigenvalue weighted by Gasteiger charge is -2.33. The number of benzene rings is 8. The Bertz CT molecular complexity index is 2520. The second-order valence-corrected chi connectivity index (χ2v) is 13.5. The van der Waals surface area contributed by atoms with E-state index in [0.29, 0.717) is 5.92 Å². The molecule has 0 N–H and O–H groups in total. The van der Waals surface area contributed by atoms with Crippen molar-refractivity contribution >= 4 is 38.6 Å². The number of nitrogens with zero attached hydrogens (tertiary/aromatic N) is 1. The highest BCUT2D eigenvalue weighted by Crippen LogP contribution is 2.60. The van der Waals surface area contributed by atoms with Crippen LogP contribution in [0.15, 0.2) is 164 Å². The van der Waals surface area contributed by atoms with Crippen molar-refractivity contribution in [2.24, 2.45) is 0 Å². The van der Waals surface area contributed by atoms with E-state index in [1.807, 2.05) is 0 Å². The number of fused-ring (bicyclic) bond motifs is 6. The Kier molecular flexibility index (Phi) is 6.95. The summed E-state index contributed by atoms with van der Waals surface area (Å²) in [4.78, 5) is 2.45. The summed E-state index contributed by atoms with van der Waals surface area (Å²) in [6, 6.07) is 60.2. The van der Waals surface area contributed by atoms with E-state index in [9.17, 15) is 0 Å². The molecule has 49 heavy (non-hydrogen) atoms. The molecule has 9 rings (SSSR count). The molecular formula is C48H37N. The zero-order valence-corrected chi connectivity index (χ0v) is 28.1. The first-order valence-corrected chi connectivity index (χ1v) is 17.3. The molecule has 0 bridgehead atoms. The minimum atomic E-state index is 0.393. The molecule has 0 saturated carbocycles. The van der Waals surface area contributed by atoms with Crippen LogP contribution in [0.4, 0.5) is 17.1 Å². The van der Waals surface area contributed by atoms with Gasteiger partial charge in [0.05, 0.1) is 0 Å². The summed E-state index contributed by atoms with van der Waals surface area (Å²) in [5.41, 5.74) is 16.7. The van der Waals surface area contributed by atoms with Crippen molar-refractivity contribution < 1.29 is 0 Å². The van der Waals surface area contributed by atoms with Crippen LogP contribution in [0.25, 0.3) is 66.1 Å². The van der Waals surface area contributed by atoms with Crippen molar-refractivity contribution in [3.8, 4) is 44.5 Å². The molecule has 0 aromatic heterocycles. The Morgan fingerprint density at radius 3 is 1.53 bits per heavy atom. The minimum Gasteiger partial charge on any atom is -0.310 e. The fourth-order valence-electron chi connectivity index (χ4n) is 7.96. The molecular weight excluding hydrogens is 591 g/mol. The van der Waals surface area contributed by atoms with Gasteiger partial charge in [0.25, 0.3) is 0 Å². The Hall–Kier alpha value is -5.92. The van der Waals surface area contributed by atoms with Crippen LogP contribution in [0, 0.1) is 6.92 Å². The molecule has 0 spiro atoms. The number of anilines is 3. The summed E-state index contributed by atoms with van der Waals surface area (Å²) in [5.74, 6) is 0.393. The second-order valence-electron chi connectivity index (χ2n) is 13.5. The van der Waals surface area contributed by atoms with Crippen LogP contribution in [0.5, 0.6) is 0 Å². The van der Waals surface area contributed by atoms with Gasteiger partial charge in [-0.15, -0.1) is 0 Å². The molecule has 0 amide bonds. The predicted octanol–water partition coefficient (Wildman–Crippen LogP) is 13.9. The maximum atomic E-state index is 2.45. The van der Waals surface area contributed by atoms with Gasteiger partial charge in [0, 0.05) is 17.1 Å². The van der Waals surface area contributed by atoms with Crippen LogP contribution in [0.3, 0.4) is 0 Å². The monoisotopic (exact) mass is 627 g/mol. The maximum absolute atomic E-state index is 2.45. The Balaban J connectivity index is 1.30. The second kappa shape index (κ2) is 11.6. The SMILES string of the molecule is Cc1ccccc1N(c1ccc2cc3c(cc2c1)-c1c-3c(-c2ccccc2)c2ccccc2c1-c1ccccc1)c1ccccc1C(C)C. The van der Waals surface area contributed by atoms with Crippen LogP contribution in [-0.4, -0.2) is 0 Å². The lowest BCUT2D eigenvalue weighted by atomic mass is 9.70. The fourth-order valence-corrected chi connectivity index (χ4v) is 7.96. The smallest absolute Gasteiger partial charge is 0.0496 e. The molecule has 8 aromatic carbocycles. The van der Waals surface area contributed by atoms with E-state index in [0.717, 1.165) is 0 Å². The Morgan fingerprint density at radius 2 is 0.939 bits per heavy atom. The molecule has 0 radical (unpaired) electrons. The van der Waals surface area contributed by atoms with Gasteiger partial charge in [0.2, 0.25) is 0 Å². The Labute approximate surface area is 288 Å². The molecule has 0 aliphatic heterocycles. The van der Waals surface area contributed by atoms with Gasteiger partial charge >= 0.3 is 0 Å². The Morgan fingerprint density at radius 1 is 0.429 bits per heavy atom. The van der Waals surface area contributed by atoms with Gasteiger partial charge < -0.3 is 4.90 Å². The topological polar surface area (TPSA) is 3.24 Å². The van der Waals surface area contributed by atoms with E-state index in [-0.39, 0.29) is 0 Å². The van der Waals surface area contributed by atoms with Gasteiger partial charge in [-0.3, -0.25) is 0 Å². The van der Waals surface area contributed by atoms with Crippen molar-refractivity contribution in [2.75, 3.05) is 4.90 Å². The molecule has 234 valence electrons. The van der Waals surface area contributed by atoms with Crippen molar-refractivity contribution in [1.82, 2.24) is 0 Å². The zero-order chi connectivity index (χ0) is 33.1. The average molecular weight is 628 g/mol. The van der Waals surface area contributed by atoms with Crippen LogP contribution in [-0.2, 0) is 0 Å². The first-order chi connectivity index (χ1) is 24.1. The number of rotatable bonds is 6. The summed E-state index contributed by atoms with van der Waals surface area (Å²) in [6.07, 6.45) is 0. The van der Waals surface area contributed by atoms with Crippen molar-refractivity contribution in [2.45, 2.75) is 26.7 Å². The zero-order valence-electron chi connectivity index (χ0n) is 28.1. The normalized spacial score (nSPS) is 11.8. The summed E-state index contributed by atoms with van der Waals surface area (Å²) >= 11 is 0. The number of hydrogen-bond donors (Lipinski definition) is 0. The number of hydrogen-bond acceptors (Lipinski definition) is 1. The first-order valence-electron chi connectivity index (χ1n) is 17.3. The van der Waals surface area contributed by atoms with Crippen molar-refractivity contribution in [3.05, 3.63) is 175 Å². The van der Waals surface area contributed by atoms with Crippen LogP contribution in [0.2, 0.25) is 0 Å². The molecule has 0 unspecified atom stereocenters. The molecule has 1 heteroatoms. The third-order valence-corrected chi connectivity index (χ3v) is 10.3. The first kappa shape index (κ1) is 29.2. The molecule has 0 heterocycles. The number of aryl methyl sites for hydroxylation is 1. The summed E-state index contributed by atoms with van der Waals surface area (Å²) in [7, 11) is 0. The predicted molar refractivity (Wildman–Crippen MR) is 210 cm³/mol. The van der Waals surface area contributed by atoms with Gasteiger partial charge in [-0.2, -0.15) is 0 Å². The summed E-state index contributed by atoms with van der Waals surface area (Å²) in [6.45, 7) is 6.77. The van der Waals surface area contributed by atoms with Gasteiger partial charge in [0.1, 0.15) is 0 Å². The fraction of sp³-hybridized carbons (Fsp3) is 0.0833. The van der Waals surface area contributed by atoms with E-state index in [2.05, 4.69) is 189 Å². The van der Waals surface area contributed by atoms with Gasteiger partial charge in [0.15, 0.2) is 0 Å². The molecule has 0 fully saturated rings. The molecule has 1 aliphatic carbocycles. The van der Waals surface area contributed by atoms with Crippen molar-refractivity contribution in [3.63, 3.8) is 0 Å². The highest BCUT2D eigenvalue weighted by Gasteiger charge is 2.32. The quantitative estimate of drug-likeness (QED) is 0.177. The molecule has 0 saturated heterocycles. The third kappa shape index (κ3) is 4.69. The van der Waals surface area contributed by atoms with Gasteiger partial charge in [-0.1, -0.05) is 141 Å². The average Bonchev–Trinajstić information content (AvgIpc) is 3.14. The van der Waals surface area contributed by atoms with Crippen molar-refractivity contribution in [1.29, 1.82) is 0 Å². The molecule has 1 nitrogen and oxygen atoms in total. The van der Waals surface area contributed by atoms with E-state index < -0.39 is 0 Å². The van der Waals surface area contributed by atoms with E-state index in [1.54, 1.807) is 0 Å². The highest BCUT2D eigenvalue weighted by molar-refractivity contribution is 6.26. The summed E-state index contributed by atoms with van der Waals surface area (Å²) < 4.78 is 0. The largest absolute Gasteiger partial charge is 0.310 e. The lowest BCUT2D eigenvalue weighted by molar-refractivity contribution is 0.864. The summed E-state index contributed by atoms with van der Waals surface area (Å²) in [5, 5.41) is 5.09. The molecule has 1 aliphatic rings. The van der Waals surface area contributed by atoms with Gasteiger partial charge in [-0.05, 0) is 126 Å². The van der Waals surface area contributed by atoms with E-state index >= 15 is 0 Å². The minimum absolute atomic E-state index is 0.393. The van der Waals surface area contributed by atoms with Crippen LogP contribution < -0.4 is 4.90 Å². The third-order valence-electron chi connectivity index (χ3n) is 10.3. The van der Waals surface area contributed by atoms with E-state index in [4.69, 9.17) is 0 Å². The molecule has 0 atom stereocenters. The van der Waals surface area contributed by atoms with Gasteiger partial charge in [-0.25, -0.2) is 0 Å². The maximum Gasteiger partial charge on any atom is 0.0496 e. The van der Waals surface area contributed by atoms with Crippen LogP contribution >= 0.6 is 0 Å². The molecule has 8 aromatic rings. The number of para-hydroxylation sites is 2. The lowest BCUT2D eigenvalue weighted by Crippen LogP contribution is -2.14. The van der Waals surface area contributed by atoms with E-state index in [1.165, 1.54) is 94.2 Å². The standard InChI is InChI=1S/C48H37N/c1-31(2)38-21-13-15-25-44(38)49(43-24-14-10-16-32(43)3)37-27-26-35-29-41-42(30-36(35)28-37)48-46(34-19-8-5-9-20-34)40-23-12-11-22-39(40)45(47(41)48)33-17-6-4-7-18-33/h4-31H,1-3H3. The van der Waals surface area contributed by atoms with Crippen LogP contribution in [0.1, 0.15) is 30.9 Å². The highest BCUT2D eigenvalue weighted by atomic mass is 15.1.